The predicted molar refractivity (Wildman–Crippen MR) is 96.1 cm³/mol. The molecule has 0 saturated carbocycles. The molecule has 0 radical (unpaired) electrons. The molecule has 0 atom stereocenters. The van der Waals surface area contributed by atoms with E-state index in [4.69, 9.17) is 20.8 Å². The summed E-state index contributed by atoms with van der Waals surface area (Å²) in [6.07, 6.45) is 2.91. The SMILES string of the molecule is COc1ccc(-n2ncc(N/N=C\c3ccc(C)o3)c(Cl)c2=O)cc1. The molecule has 0 aliphatic heterocycles. The van der Waals surface area contributed by atoms with Crippen molar-refractivity contribution in [2.24, 2.45) is 5.10 Å². The predicted octanol–water partition coefficient (Wildman–Crippen LogP) is 3.24. The van der Waals surface area contributed by atoms with E-state index in [2.05, 4.69) is 15.6 Å². The van der Waals surface area contributed by atoms with Crippen LogP contribution in [-0.2, 0) is 0 Å². The standard InChI is InChI=1S/C17H15ClN4O3/c1-11-3-6-14(25-11)9-19-21-15-10-20-22(17(23)16(15)18)12-4-7-13(24-2)8-5-12/h3-10,21H,1-2H3/b19-9-. The molecule has 1 aromatic carbocycles. The smallest absolute Gasteiger partial charge is 0.292 e. The van der Waals surface area contributed by atoms with Crippen LogP contribution in [0.4, 0.5) is 5.69 Å². The molecule has 2 aromatic heterocycles. The summed E-state index contributed by atoms with van der Waals surface area (Å²) in [5.74, 6) is 2.05. The lowest BCUT2D eigenvalue weighted by molar-refractivity contribution is 0.414. The van der Waals surface area contributed by atoms with Gasteiger partial charge in [0.2, 0.25) is 0 Å². The van der Waals surface area contributed by atoms with Crippen molar-refractivity contribution in [1.82, 2.24) is 9.78 Å². The lowest BCUT2D eigenvalue weighted by atomic mass is 10.3. The molecule has 0 aliphatic rings. The number of aromatic nitrogens is 2. The van der Waals surface area contributed by atoms with E-state index < -0.39 is 5.56 Å². The third-order valence-corrected chi connectivity index (χ3v) is 3.74. The first-order chi connectivity index (χ1) is 12.1. The normalized spacial score (nSPS) is 11.0. The highest BCUT2D eigenvalue weighted by molar-refractivity contribution is 6.32. The Morgan fingerprint density at radius 1 is 1.28 bits per heavy atom. The van der Waals surface area contributed by atoms with Gasteiger partial charge in [-0.15, -0.1) is 0 Å². The second-order valence-electron chi connectivity index (χ2n) is 5.11. The van der Waals surface area contributed by atoms with Crippen molar-refractivity contribution in [3.05, 3.63) is 69.5 Å². The molecule has 8 heteroatoms. The second kappa shape index (κ2) is 7.23. The Morgan fingerprint density at radius 2 is 2.04 bits per heavy atom. The molecule has 1 N–H and O–H groups in total. The van der Waals surface area contributed by atoms with Gasteiger partial charge < -0.3 is 9.15 Å². The van der Waals surface area contributed by atoms with Crippen LogP contribution >= 0.6 is 11.6 Å². The molecule has 3 rings (SSSR count). The van der Waals surface area contributed by atoms with Gasteiger partial charge in [0.25, 0.3) is 5.56 Å². The lowest BCUT2D eigenvalue weighted by Gasteiger charge is -2.08. The Kier molecular flexibility index (Phi) is 4.85. The van der Waals surface area contributed by atoms with E-state index in [0.29, 0.717) is 22.9 Å². The largest absolute Gasteiger partial charge is 0.497 e. The van der Waals surface area contributed by atoms with Crippen LogP contribution < -0.4 is 15.7 Å². The minimum Gasteiger partial charge on any atom is -0.497 e. The minimum atomic E-state index is -0.458. The van der Waals surface area contributed by atoms with Gasteiger partial charge in [-0.3, -0.25) is 10.2 Å². The van der Waals surface area contributed by atoms with Gasteiger partial charge in [-0.2, -0.15) is 14.9 Å². The number of hydrogen-bond donors (Lipinski definition) is 1. The number of hydrazone groups is 1. The topological polar surface area (TPSA) is 81.7 Å². The first-order valence-corrected chi connectivity index (χ1v) is 7.74. The summed E-state index contributed by atoms with van der Waals surface area (Å²) in [5, 5.41) is 8.09. The Bertz CT molecular complexity index is 961. The van der Waals surface area contributed by atoms with Crippen LogP contribution in [0, 0.1) is 6.92 Å². The molecule has 0 saturated heterocycles. The van der Waals surface area contributed by atoms with Gasteiger partial charge in [-0.25, -0.2) is 0 Å². The Labute approximate surface area is 148 Å². The van der Waals surface area contributed by atoms with Crippen LogP contribution in [0.5, 0.6) is 5.75 Å². The van der Waals surface area contributed by atoms with Crippen LogP contribution in [0.3, 0.4) is 0 Å². The number of methoxy groups -OCH3 is 1. The average molecular weight is 359 g/mol. The van der Waals surface area contributed by atoms with E-state index in [1.54, 1.807) is 37.4 Å². The molecule has 128 valence electrons. The fourth-order valence-corrected chi connectivity index (χ4v) is 2.28. The van der Waals surface area contributed by atoms with Gasteiger partial charge >= 0.3 is 0 Å². The van der Waals surface area contributed by atoms with Gasteiger partial charge in [0.1, 0.15) is 28.0 Å². The molecule has 0 unspecified atom stereocenters. The van der Waals surface area contributed by atoms with Crippen LogP contribution in [0.25, 0.3) is 5.69 Å². The molecule has 0 spiro atoms. The fourth-order valence-electron chi connectivity index (χ4n) is 2.11. The van der Waals surface area contributed by atoms with Crippen molar-refractivity contribution >= 4 is 23.5 Å². The van der Waals surface area contributed by atoms with Gasteiger partial charge in [0.15, 0.2) is 0 Å². The molecular weight excluding hydrogens is 344 g/mol. The number of benzene rings is 1. The van der Waals surface area contributed by atoms with Crippen molar-refractivity contribution in [1.29, 1.82) is 0 Å². The second-order valence-corrected chi connectivity index (χ2v) is 5.48. The minimum absolute atomic E-state index is 0.0152. The number of rotatable bonds is 5. The first-order valence-electron chi connectivity index (χ1n) is 7.36. The van der Waals surface area contributed by atoms with E-state index in [0.717, 1.165) is 5.76 Å². The number of hydrogen-bond acceptors (Lipinski definition) is 6. The lowest BCUT2D eigenvalue weighted by Crippen LogP contribution is -2.22. The van der Waals surface area contributed by atoms with Crippen molar-refractivity contribution in [2.75, 3.05) is 12.5 Å². The summed E-state index contributed by atoms with van der Waals surface area (Å²) >= 11 is 6.13. The molecule has 0 aliphatic carbocycles. The van der Waals surface area contributed by atoms with Gasteiger partial charge in [0.05, 0.1) is 25.2 Å². The highest BCUT2D eigenvalue weighted by Gasteiger charge is 2.10. The molecule has 25 heavy (non-hydrogen) atoms. The zero-order valence-electron chi connectivity index (χ0n) is 13.6. The molecule has 7 nitrogen and oxygen atoms in total. The van der Waals surface area contributed by atoms with Crippen LogP contribution in [0.15, 0.2) is 56.9 Å². The number of aryl methyl sites for hydroxylation is 1. The third-order valence-electron chi connectivity index (χ3n) is 3.37. The number of nitrogens with zero attached hydrogens (tertiary/aromatic N) is 3. The summed E-state index contributed by atoms with van der Waals surface area (Å²) in [5.41, 5.74) is 3.11. The van der Waals surface area contributed by atoms with E-state index >= 15 is 0 Å². The zero-order chi connectivity index (χ0) is 17.8. The van der Waals surface area contributed by atoms with E-state index in [1.165, 1.54) is 17.1 Å². The Balaban J connectivity index is 1.82. The van der Waals surface area contributed by atoms with Crippen molar-refractivity contribution in [3.8, 4) is 11.4 Å². The first kappa shape index (κ1) is 16.8. The summed E-state index contributed by atoms with van der Waals surface area (Å²) in [6, 6.07) is 10.5. The van der Waals surface area contributed by atoms with Gasteiger partial charge in [-0.1, -0.05) is 11.6 Å². The summed E-state index contributed by atoms with van der Waals surface area (Å²) in [6.45, 7) is 1.84. The maximum atomic E-state index is 12.4. The van der Waals surface area contributed by atoms with E-state index in [1.807, 2.05) is 13.0 Å². The highest BCUT2D eigenvalue weighted by Crippen LogP contribution is 2.18. The Hall–Kier alpha value is -3.06. The highest BCUT2D eigenvalue weighted by atomic mass is 35.5. The van der Waals surface area contributed by atoms with Crippen LogP contribution in [0.2, 0.25) is 5.02 Å². The molecule has 0 amide bonds. The number of nitrogens with one attached hydrogen (secondary N) is 1. The van der Waals surface area contributed by atoms with Crippen LogP contribution in [0.1, 0.15) is 11.5 Å². The van der Waals surface area contributed by atoms with Crippen molar-refractivity contribution in [2.45, 2.75) is 6.92 Å². The fraction of sp³-hybridized carbons (Fsp3) is 0.118. The maximum Gasteiger partial charge on any atom is 0.292 e. The molecule has 3 aromatic rings. The molecule has 0 fully saturated rings. The summed E-state index contributed by atoms with van der Waals surface area (Å²) in [7, 11) is 1.57. The maximum absolute atomic E-state index is 12.4. The number of halogens is 1. The number of anilines is 1. The van der Waals surface area contributed by atoms with E-state index in [-0.39, 0.29) is 5.02 Å². The summed E-state index contributed by atoms with van der Waals surface area (Å²) < 4.78 is 11.7. The van der Waals surface area contributed by atoms with Crippen LogP contribution in [-0.4, -0.2) is 23.1 Å². The molecule has 0 bridgehead atoms. The average Bonchev–Trinajstić information content (AvgIpc) is 3.04. The zero-order valence-corrected chi connectivity index (χ0v) is 14.3. The Morgan fingerprint density at radius 3 is 2.68 bits per heavy atom. The van der Waals surface area contributed by atoms with Crippen molar-refractivity contribution in [3.63, 3.8) is 0 Å². The van der Waals surface area contributed by atoms with Crippen molar-refractivity contribution < 1.29 is 9.15 Å². The van der Waals surface area contributed by atoms with E-state index in [9.17, 15) is 4.79 Å². The molecule has 2 heterocycles. The van der Waals surface area contributed by atoms with Gasteiger partial charge in [-0.05, 0) is 43.3 Å². The van der Waals surface area contributed by atoms with Gasteiger partial charge in [0, 0.05) is 0 Å². The monoisotopic (exact) mass is 358 g/mol. The summed E-state index contributed by atoms with van der Waals surface area (Å²) in [4.78, 5) is 12.4. The molecular formula is C17H15ClN4O3. The quantitative estimate of drug-likeness (QED) is 0.559. The number of furan rings is 1. The number of ether oxygens (including phenoxy) is 1. The third kappa shape index (κ3) is 3.72.